The van der Waals surface area contributed by atoms with Gasteiger partial charge in [0, 0.05) is 17.2 Å². The summed E-state index contributed by atoms with van der Waals surface area (Å²) in [7, 11) is 3.86. The van der Waals surface area contributed by atoms with Crippen LogP contribution < -0.4 is 0 Å². The third-order valence-corrected chi connectivity index (χ3v) is 3.37. The van der Waals surface area contributed by atoms with E-state index in [-0.39, 0.29) is 5.75 Å². The number of likely N-dealkylation sites (tertiary alicyclic amines) is 1. The van der Waals surface area contributed by atoms with E-state index in [9.17, 15) is 8.42 Å². The van der Waals surface area contributed by atoms with Crippen LogP contribution in [0.3, 0.4) is 0 Å². The van der Waals surface area contributed by atoms with Crippen molar-refractivity contribution in [3.8, 4) is 0 Å². The molecule has 82 valence electrons. The largest absolute Gasteiger partial charge is 0.306 e. The summed E-state index contributed by atoms with van der Waals surface area (Å²) in [5, 5.41) is 0. The van der Waals surface area contributed by atoms with Crippen molar-refractivity contribution in [2.75, 3.05) is 25.9 Å². The zero-order chi connectivity index (χ0) is 10.6. The van der Waals surface area contributed by atoms with E-state index in [1.807, 2.05) is 0 Å². The molecule has 0 amide bonds. The van der Waals surface area contributed by atoms with Crippen molar-refractivity contribution < 1.29 is 8.42 Å². The SMILES string of the molecule is CN1CCC/C(=C\CS(=O)(=O)Cl)CC1. The van der Waals surface area contributed by atoms with Gasteiger partial charge in [0.15, 0.2) is 0 Å². The maximum absolute atomic E-state index is 10.7. The summed E-state index contributed by atoms with van der Waals surface area (Å²) in [6.45, 7) is 2.10. The Bertz CT molecular complexity index is 311. The predicted octanol–water partition coefficient (Wildman–Crippen LogP) is 1.60. The van der Waals surface area contributed by atoms with E-state index in [4.69, 9.17) is 10.7 Å². The Hall–Kier alpha value is -0.0600. The molecule has 0 aromatic carbocycles. The molecule has 0 unspecified atom stereocenters. The molecule has 1 heterocycles. The highest BCUT2D eigenvalue weighted by atomic mass is 35.7. The van der Waals surface area contributed by atoms with E-state index >= 15 is 0 Å². The van der Waals surface area contributed by atoms with Crippen LogP contribution in [0, 0.1) is 0 Å². The zero-order valence-corrected chi connectivity index (χ0v) is 9.94. The van der Waals surface area contributed by atoms with Gasteiger partial charge in [0.05, 0.1) is 5.75 Å². The summed E-state index contributed by atoms with van der Waals surface area (Å²) in [5.41, 5.74) is 1.22. The third kappa shape index (κ3) is 4.98. The lowest BCUT2D eigenvalue weighted by Crippen LogP contribution is -2.18. The smallest absolute Gasteiger partial charge is 0.236 e. The number of hydrogen-bond acceptors (Lipinski definition) is 3. The van der Waals surface area contributed by atoms with E-state index in [0.717, 1.165) is 32.4 Å². The molecule has 5 heteroatoms. The average molecular weight is 238 g/mol. The Morgan fingerprint density at radius 3 is 2.79 bits per heavy atom. The molecule has 0 N–H and O–H groups in total. The Kier molecular flexibility index (Phi) is 4.41. The van der Waals surface area contributed by atoms with E-state index in [1.165, 1.54) is 5.57 Å². The highest BCUT2D eigenvalue weighted by Gasteiger charge is 2.09. The average Bonchev–Trinajstić information content (AvgIpc) is 2.25. The molecule has 0 aromatic heterocycles. The predicted molar refractivity (Wildman–Crippen MR) is 59.1 cm³/mol. The first-order valence-corrected chi connectivity index (χ1v) is 7.24. The normalized spacial score (nSPS) is 23.7. The zero-order valence-electron chi connectivity index (χ0n) is 8.37. The Labute approximate surface area is 90.2 Å². The fraction of sp³-hybridized carbons (Fsp3) is 0.778. The molecule has 1 aliphatic rings. The molecule has 0 aliphatic carbocycles. The van der Waals surface area contributed by atoms with Crippen molar-refractivity contribution in [2.24, 2.45) is 0 Å². The maximum atomic E-state index is 10.7. The van der Waals surface area contributed by atoms with Crippen LogP contribution in [0.1, 0.15) is 19.3 Å². The Morgan fingerprint density at radius 1 is 1.43 bits per heavy atom. The van der Waals surface area contributed by atoms with Gasteiger partial charge in [0.1, 0.15) is 0 Å². The first kappa shape index (κ1) is 12.0. The first-order valence-electron chi connectivity index (χ1n) is 4.76. The molecule has 0 saturated carbocycles. The summed E-state index contributed by atoms with van der Waals surface area (Å²) in [6, 6.07) is 0. The Morgan fingerprint density at radius 2 is 2.14 bits per heavy atom. The van der Waals surface area contributed by atoms with Crippen molar-refractivity contribution in [1.29, 1.82) is 0 Å². The van der Waals surface area contributed by atoms with Crippen LogP contribution in [0.15, 0.2) is 11.6 Å². The summed E-state index contributed by atoms with van der Waals surface area (Å²) in [6.07, 6.45) is 4.83. The van der Waals surface area contributed by atoms with Gasteiger partial charge in [-0.2, -0.15) is 0 Å². The van der Waals surface area contributed by atoms with Gasteiger partial charge in [-0.1, -0.05) is 11.6 Å². The first-order chi connectivity index (χ1) is 6.47. The van der Waals surface area contributed by atoms with Crippen LogP contribution in [0.25, 0.3) is 0 Å². The van der Waals surface area contributed by atoms with Gasteiger partial charge in [-0.25, -0.2) is 8.42 Å². The minimum Gasteiger partial charge on any atom is -0.306 e. The highest BCUT2D eigenvalue weighted by molar-refractivity contribution is 8.13. The molecular formula is C9H16ClNO2S. The topological polar surface area (TPSA) is 37.4 Å². The van der Waals surface area contributed by atoms with Crippen LogP contribution in [0.4, 0.5) is 0 Å². The quantitative estimate of drug-likeness (QED) is 0.541. The van der Waals surface area contributed by atoms with Crippen LogP contribution in [0.2, 0.25) is 0 Å². The van der Waals surface area contributed by atoms with Crippen molar-refractivity contribution in [3.63, 3.8) is 0 Å². The standard InChI is InChI=1S/C9H16ClNO2S/c1-11-6-2-3-9(4-7-11)5-8-14(10,12)13/h5H,2-4,6-8H2,1H3/b9-5+. The number of hydrogen-bond donors (Lipinski definition) is 0. The van der Waals surface area contributed by atoms with Crippen molar-refractivity contribution in [3.05, 3.63) is 11.6 Å². The van der Waals surface area contributed by atoms with E-state index in [1.54, 1.807) is 6.08 Å². The van der Waals surface area contributed by atoms with Gasteiger partial charge >= 0.3 is 0 Å². The molecule has 0 aromatic rings. The Balaban J connectivity index is 2.51. The van der Waals surface area contributed by atoms with Crippen LogP contribution in [-0.2, 0) is 9.05 Å². The molecule has 1 rings (SSSR count). The van der Waals surface area contributed by atoms with Gasteiger partial charge in [0.25, 0.3) is 0 Å². The van der Waals surface area contributed by atoms with Crippen LogP contribution >= 0.6 is 10.7 Å². The number of rotatable bonds is 2. The van der Waals surface area contributed by atoms with E-state index in [0.29, 0.717) is 0 Å². The van der Waals surface area contributed by atoms with Crippen molar-refractivity contribution in [2.45, 2.75) is 19.3 Å². The van der Waals surface area contributed by atoms with Gasteiger partial charge in [-0.3, -0.25) is 0 Å². The number of halogens is 1. The lowest BCUT2D eigenvalue weighted by atomic mass is 10.1. The molecule has 0 atom stereocenters. The minimum atomic E-state index is -3.37. The molecule has 0 spiro atoms. The van der Waals surface area contributed by atoms with Crippen LogP contribution in [-0.4, -0.2) is 39.2 Å². The fourth-order valence-corrected chi connectivity index (χ4v) is 2.19. The van der Waals surface area contributed by atoms with Gasteiger partial charge < -0.3 is 4.90 Å². The van der Waals surface area contributed by atoms with Crippen LogP contribution in [0.5, 0.6) is 0 Å². The fourth-order valence-electron chi connectivity index (χ4n) is 1.57. The van der Waals surface area contributed by atoms with Gasteiger partial charge in [0.2, 0.25) is 9.05 Å². The van der Waals surface area contributed by atoms with Gasteiger partial charge in [-0.15, -0.1) is 0 Å². The molecular weight excluding hydrogens is 222 g/mol. The molecule has 14 heavy (non-hydrogen) atoms. The third-order valence-electron chi connectivity index (χ3n) is 2.42. The monoisotopic (exact) mass is 237 g/mol. The molecule has 1 aliphatic heterocycles. The van der Waals surface area contributed by atoms with E-state index in [2.05, 4.69) is 11.9 Å². The van der Waals surface area contributed by atoms with Gasteiger partial charge in [-0.05, 0) is 32.9 Å². The summed E-state index contributed by atoms with van der Waals surface area (Å²) in [5.74, 6) is -0.0341. The lowest BCUT2D eigenvalue weighted by molar-refractivity contribution is 0.351. The minimum absolute atomic E-state index is 0.0341. The number of nitrogens with zero attached hydrogens (tertiary/aromatic N) is 1. The molecule has 0 bridgehead atoms. The second-order valence-electron chi connectivity index (χ2n) is 3.72. The molecule has 1 fully saturated rings. The maximum Gasteiger partial charge on any atom is 0.236 e. The summed E-state index contributed by atoms with van der Waals surface area (Å²) < 4.78 is 21.5. The second kappa shape index (κ2) is 5.14. The van der Waals surface area contributed by atoms with Crippen molar-refractivity contribution in [1.82, 2.24) is 4.90 Å². The molecule has 3 nitrogen and oxygen atoms in total. The molecule has 1 saturated heterocycles. The summed E-state index contributed by atoms with van der Waals surface area (Å²) in [4.78, 5) is 2.26. The summed E-state index contributed by atoms with van der Waals surface area (Å²) >= 11 is 0. The highest BCUT2D eigenvalue weighted by Crippen LogP contribution is 2.16. The lowest BCUT2D eigenvalue weighted by Gasteiger charge is -2.10. The van der Waals surface area contributed by atoms with E-state index < -0.39 is 9.05 Å². The van der Waals surface area contributed by atoms with Crippen molar-refractivity contribution >= 4 is 19.7 Å². The molecule has 0 radical (unpaired) electrons. The second-order valence-corrected chi connectivity index (χ2v) is 6.55.